The second-order valence-corrected chi connectivity index (χ2v) is 3.68. The Morgan fingerprint density at radius 2 is 2.00 bits per heavy atom. The first kappa shape index (κ1) is 10.0. The number of pyridine rings is 1. The van der Waals surface area contributed by atoms with E-state index < -0.39 is 0 Å². The molecule has 1 heterocycles. The highest BCUT2D eigenvalue weighted by Crippen LogP contribution is 2.27. The highest BCUT2D eigenvalue weighted by atomic mass is 16.1. The van der Waals surface area contributed by atoms with Gasteiger partial charge in [0.05, 0.1) is 0 Å². The third-order valence-corrected chi connectivity index (χ3v) is 3.03. The van der Waals surface area contributed by atoms with E-state index in [1.54, 1.807) is 6.20 Å². The molecule has 0 spiro atoms. The minimum Gasteiger partial charge on any atom is -0.329 e. The molecule has 0 saturated heterocycles. The fraction of sp³-hybridized carbons (Fsp3) is 0.545. The van der Waals surface area contributed by atoms with E-state index in [-0.39, 0.29) is 11.0 Å². The lowest BCUT2D eigenvalue weighted by Gasteiger charge is -2.25. The number of H-pyrrole nitrogens is 1. The van der Waals surface area contributed by atoms with E-state index >= 15 is 0 Å². The Morgan fingerprint density at radius 3 is 2.46 bits per heavy atom. The molecule has 72 valence electrons. The van der Waals surface area contributed by atoms with Gasteiger partial charge in [-0.15, -0.1) is 0 Å². The van der Waals surface area contributed by atoms with Crippen molar-refractivity contribution in [1.29, 1.82) is 0 Å². The summed E-state index contributed by atoms with van der Waals surface area (Å²) in [6, 6.07) is 3.81. The van der Waals surface area contributed by atoms with Gasteiger partial charge >= 0.3 is 0 Å². The number of aromatic amines is 1. The van der Waals surface area contributed by atoms with Crippen LogP contribution in [0.3, 0.4) is 0 Å². The molecule has 2 heteroatoms. The van der Waals surface area contributed by atoms with Crippen LogP contribution in [0.1, 0.15) is 39.2 Å². The van der Waals surface area contributed by atoms with Gasteiger partial charge in [-0.25, -0.2) is 0 Å². The fourth-order valence-electron chi connectivity index (χ4n) is 1.53. The quantitative estimate of drug-likeness (QED) is 0.759. The molecule has 0 aromatic carbocycles. The van der Waals surface area contributed by atoms with E-state index in [9.17, 15) is 4.79 Å². The number of nitrogens with one attached hydrogen (secondary N) is 1. The number of hydrogen-bond acceptors (Lipinski definition) is 1. The summed E-state index contributed by atoms with van der Waals surface area (Å²) < 4.78 is 0. The summed E-state index contributed by atoms with van der Waals surface area (Å²) in [5.41, 5.74) is 0.975. The van der Waals surface area contributed by atoms with Crippen LogP contribution in [0.25, 0.3) is 0 Å². The van der Waals surface area contributed by atoms with E-state index in [2.05, 4.69) is 25.8 Å². The molecule has 0 unspecified atom stereocenters. The van der Waals surface area contributed by atoms with Crippen LogP contribution in [-0.4, -0.2) is 4.98 Å². The van der Waals surface area contributed by atoms with Crippen molar-refractivity contribution in [2.45, 2.75) is 39.0 Å². The molecule has 0 atom stereocenters. The summed E-state index contributed by atoms with van der Waals surface area (Å²) in [6.07, 6.45) is 3.67. The maximum absolute atomic E-state index is 11.5. The lowest BCUT2D eigenvalue weighted by Crippen LogP contribution is -2.28. The minimum absolute atomic E-state index is 0.0227. The molecule has 0 amide bonds. The SMILES string of the molecule is CCC(C)(CC)c1ccc[nH]c1=O. The Morgan fingerprint density at radius 1 is 1.38 bits per heavy atom. The maximum atomic E-state index is 11.5. The van der Waals surface area contributed by atoms with Crippen LogP contribution in [0.4, 0.5) is 0 Å². The Balaban J connectivity index is 3.20. The molecule has 0 radical (unpaired) electrons. The molecule has 13 heavy (non-hydrogen) atoms. The van der Waals surface area contributed by atoms with Gasteiger partial charge < -0.3 is 4.98 Å². The zero-order valence-corrected chi connectivity index (χ0v) is 8.55. The van der Waals surface area contributed by atoms with E-state index in [0.717, 1.165) is 18.4 Å². The Hall–Kier alpha value is -1.05. The van der Waals surface area contributed by atoms with Gasteiger partial charge in [0.25, 0.3) is 5.56 Å². The van der Waals surface area contributed by atoms with Gasteiger partial charge in [0.15, 0.2) is 0 Å². The summed E-state index contributed by atoms with van der Waals surface area (Å²) in [5.74, 6) is 0. The Bertz CT molecular complexity index is 323. The fourth-order valence-corrected chi connectivity index (χ4v) is 1.53. The van der Waals surface area contributed by atoms with Crippen molar-refractivity contribution in [2.75, 3.05) is 0 Å². The van der Waals surface area contributed by atoms with Crippen molar-refractivity contribution in [2.24, 2.45) is 0 Å². The second kappa shape index (κ2) is 3.77. The Labute approximate surface area is 79.0 Å². The Kier molecular flexibility index (Phi) is 2.91. The van der Waals surface area contributed by atoms with Crippen LogP contribution >= 0.6 is 0 Å². The summed E-state index contributed by atoms with van der Waals surface area (Å²) in [4.78, 5) is 14.2. The van der Waals surface area contributed by atoms with Crippen LogP contribution in [0.15, 0.2) is 23.1 Å². The lowest BCUT2D eigenvalue weighted by atomic mass is 9.78. The number of hydrogen-bond donors (Lipinski definition) is 1. The highest BCUT2D eigenvalue weighted by molar-refractivity contribution is 5.20. The molecule has 2 nitrogen and oxygen atoms in total. The van der Waals surface area contributed by atoms with Crippen LogP contribution in [-0.2, 0) is 5.41 Å². The second-order valence-electron chi connectivity index (χ2n) is 3.68. The average molecular weight is 179 g/mol. The van der Waals surface area contributed by atoms with E-state index in [1.807, 2.05) is 12.1 Å². The molecular formula is C11H17NO. The first-order valence-corrected chi connectivity index (χ1v) is 4.82. The minimum atomic E-state index is 0.0227. The number of rotatable bonds is 3. The molecule has 0 aliphatic rings. The summed E-state index contributed by atoms with van der Waals surface area (Å²) in [7, 11) is 0. The monoisotopic (exact) mass is 179 g/mol. The molecule has 1 aromatic rings. The van der Waals surface area contributed by atoms with Crippen LogP contribution in [0.2, 0.25) is 0 Å². The summed E-state index contributed by atoms with van der Waals surface area (Å²) in [5, 5.41) is 0. The van der Waals surface area contributed by atoms with Crippen molar-refractivity contribution in [3.8, 4) is 0 Å². The zero-order chi connectivity index (χ0) is 9.90. The molecule has 0 aliphatic heterocycles. The molecule has 0 saturated carbocycles. The molecule has 0 bridgehead atoms. The van der Waals surface area contributed by atoms with Gasteiger partial charge in [-0.2, -0.15) is 0 Å². The smallest absolute Gasteiger partial charge is 0.251 e. The van der Waals surface area contributed by atoms with Gasteiger partial charge in [0.2, 0.25) is 0 Å². The van der Waals surface area contributed by atoms with Gasteiger partial charge in [0, 0.05) is 11.8 Å². The van der Waals surface area contributed by atoms with Crippen LogP contribution < -0.4 is 5.56 Å². The average Bonchev–Trinajstić information content (AvgIpc) is 2.17. The summed E-state index contributed by atoms with van der Waals surface area (Å²) in [6.45, 7) is 6.38. The van der Waals surface area contributed by atoms with Gasteiger partial charge in [-0.3, -0.25) is 4.79 Å². The molecule has 1 N–H and O–H groups in total. The molecule has 1 aromatic heterocycles. The molecular weight excluding hydrogens is 162 g/mol. The van der Waals surface area contributed by atoms with Gasteiger partial charge in [0.1, 0.15) is 0 Å². The van der Waals surface area contributed by atoms with Crippen LogP contribution in [0.5, 0.6) is 0 Å². The highest BCUT2D eigenvalue weighted by Gasteiger charge is 2.24. The van der Waals surface area contributed by atoms with Crippen molar-refractivity contribution in [3.63, 3.8) is 0 Å². The first-order valence-electron chi connectivity index (χ1n) is 4.82. The predicted molar refractivity (Wildman–Crippen MR) is 55.0 cm³/mol. The van der Waals surface area contributed by atoms with Crippen molar-refractivity contribution < 1.29 is 0 Å². The van der Waals surface area contributed by atoms with E-state index in [4.69, 9.17) is 0 Å². The standard InChI is InChI=1S/C11H17NO/c1-4-11(3,5-2)9-7-6-8-12-10(9)13/h6-8H,4-5H2,1-3H3,(H,12,13). The lowest BCUT2D eigenvalue weighted by molar-refractivity contribution is 0.434. The van der Waals surface area contributed by atoms with Crippen molar-refractivity contribution >= 4 is 0 Å². The zero-order valence-electron chi connectivity index (χ0n) is 8.55. The topological polar surface area (TPSA) is 32.9 Å². The third kappa shape index (κ3) is 1.82. The predicted octanol–water partition coefficient (Wildman–Crippen LogP) is 2.45. The van der Waals surface area contributed by atoms with E-state index in [1.165, 1.54) is 0 Å². The number of aromatic nitrogens is 1. The molecule has 0 fully saturated rings. The largest absolute Gasteiger partial charge is 0.329 e. The molecule has 1 rings (SSSR count). The van der Waals surface area contributed by atoms with Crippen LogP contribution in [0, 0.1) is 0 Å². The first-order chi connectivity index (χ1) is 6.14. The van der Waals surface area contributed by atoms with Gasteiger partial charge in [-0.05, 0) is 24.3 Å². The van der Waals surface area contributed by atoms with Gasteiger partial charge in [-0.1, -0.05) is 26.8 Å². The van der Waals surface area contributed by atoms with Crippen molar-refractivity contribution in [1.82, 2.24) is 4.98 Å². The maximum Gasteiger partial charge on any atom is 0.251 e. The molecule has 0 aliphatic carbocycles. The third-order valence-electron chi connectivity index (χ3n) is 3.03. The van der Waals surface area contributed by atoms with E-state index in [0.29, 0.717) is 0 Å². The summed E-state index contributed by atoms with van der Waals surface area (Å²) >= 11 is 0. The normalized spacial score (nSPS) is 11.6. The van der Waals surface area contributed by atoms with Crippen molar-refractivity contribution in [3.05, 3.63) is 34.2 Å².